The summed E-state index contributed by atoms with van der Waals surface area (Å²) < 4.78 is 15.3. The van der Waals surface area contributed by atoms with Crippen LogP contribution in [0.3, 0.4) is 0 Å². The maximum atomic E-state index is 12.0. The molecule has 0 saturated heterocycles. The lowest BCUT2D eigenvalue weighted by Gasteiger charge is -2.24. The molecule has 0 aliphatic rings. The van der Waals surface area contributed by atoms with Gasteiger partial charge in [-0.3, -0.25) is 0 Å². The smallest absolute Gasteiger partial charge is 0.347 e. The summed E-state index contributed by atoms with van der Waals surface area (Å²) in [7, 11) is 0. The normalized spacial score (nSPS) is 17.3. The van der Waals surface area contributed by atoms with E-state index >= 15 is 0 Å². The van der Waals surface area contributed by atoms with Gasteiger partial charge in [-0.2, -0.15) is 0 Å². The van der Waals surface area contributed by atoms with Crippen molar-refractivity contribution in [1.29, 1.82) is 0 Å². The first-order valence-corrected chi connectivity index (χ1v) is 7.00. The van der Waals surface area contributed by atoms with Crippen LogP contribution in [0, 0.1) is 5.21 Å². The van der Waals surface area contributed by atoms with Crippen LogP contribution in [0.15, 0.2) is 11.8 Å². The molecule has 2 atom stereocenters. The molecule has 8 heteroatoms. The summed E-state index contributed by atoms with van der Waals surface area (Å²) in [5.41, 5.74) is -1.95. The Hall–Kier alpha value is -1.80. The van der Waals surface area contributed by atoms with Crippen molar-refractivity contribution < 1.29 is 34.0 Å². The predicted octanol–water partition coefficient (Wildman–Crippen LogP) is 1.07. The van der Waals surface area contributed by atoms with Gasteiger partial charge in [0.15, 0.2) is 0 Å². The van der Waals surface area contributed by atoms with Crippen LogP contribution in [0.4, 0.5) is 0 Å². The summed E-state index contributed by atoms with van der Waals surface area (Å²) in [5.74, 6) is -0.926. The first kappa shape index (κ1) is 20.2. The van der Waals surface area contributed by atoms with Crippen molar-refractivity contribution in [2.75, 3.05) is 19.8 Å². The fourth-order valence-corrected chi connectivity index (χ4v) is 1.60. The maximum absolute atomic E-state index is 12.0. The number of hydroxylamine groups is 1. The van der Waals surface area contributed by atoms with Gasteiger partial charge in [-0.15, -0.1) is 4.74 Å². The van der Waals surface area contributed by atoms with E-state index in [4.69, 9.17) is 19.3 Å². The zero-order valence-electron chi connectivity index (χ0n) is 13.7. The number of rotatable bonds is 8. The summed E-state index contributed by atoms with van der Waals surface area (Å²) in [6, 6.07) is 0. The van der Waals surface area contributed by atoms with Crippen molar-refractivity contribution in [2.45, 2.75) is 46.4 Å². The third-order valence-electron chi connectivity index (χ3n) is 2.74. The number of hydrogen-bond donors (Lipinski definition) is 2. The van der Waals surface area contributed by atoms with Gasteiger partial charge in [0, 0.05) is 13.5 Å². The molecule has 0 bridgehead atoms. The van der Waals surface area contributed by atoms with Gasteiger partial charge < -0.3 is 29.6 Å². The second-order valence-electron chi connectivity index (χ2n) is 4.73. The van der Waals surface area contributed by atoms with E-state index in [0.29, 0.717) is 12.9 Å². The minimum absolute atomic E-state index is 0.140. The summed E-state index contributed by atoms with van der Waals surface area (Å²) >= 11 is 0. The van der Waals surface area contributed by atoms with Crippen molar-refractivity contribution in [3.8, 4) is 0 Å². The summed E-state index contributed by atoms with van der Waals surface area (Å²) in [4.78, 5) is 11.6. The molecule has 0 aromatic heterocycles. The van der Waals surface area contributed by atoms with Gasteiger partial charge >= 0.3 is 11.9 Å². The van der Waals surface area contributed by atoms with Gasteiger partial charge in [-0.05, 0) is 20.8 Å². The second-order valence-corrected chi connectivity index (χ2v) is 4.73. The van der Waals surface area contributed by atoms with E-state index in [1.807, 2.05) is 0 Å². The second kappa shape index (κ2) is 9.26. The van der Waals surface area contributed by atoms with Crippen molar-refractivity contribution in [3.63, 3.8) is 0 Å². The molecule has 2 N–H and O–H groups in total. The number of carbonyl (C=O) groups is 1. The molecule has 22 heavy (non-hydrogen) atoms. The van der Waals surface area contributed by atoms with E-state index in [1.54, 1.807) is 13.8 Å². The molecule has 0 fully saturated rings. The Morgan fingerprint density at radius 1 is 1.41 bits per heavy atom. The van der Waals surface area contributed by atoms with Gasteiger partial charge in [0.25, 0.3) is 5.72 Å². The predicted molar refractivity (Wildman–Crippen MR) is 79.3 cm³/mol. The van der Waals surface area contributed by atoms with Crippen molar-refractivity contribution in [2.24, 2.45) is 0 Å². The van der Waals surface area contributed by atoms with Crippen LogP contribution in [-0.2, 0) is 19.0 Å². The maximum Gasteiger partial charge on any atom is 0.347 e. The highest BCUT2D eigenvalue weighted by Gasteiger charge is 2.33. The van der Waals surface area contributed by atoms with E-state index in [-0.39, 0.29) is 29.4 Å². The Bertz CT molecular complexity index is 429. The topological polar surface area (TPSA) is 111 Å². The molecule has 128 valence electrons. The highest BCUT2D eigenvalue weighted by atomic mass is 16.6. The van der Waals surface area contributed by atoms with E-state index in [2.05, 4.69) is 0 Å². The zero-order valence-corrected chi connectivity index (χ0v) is 13.7. The van der Waals surface area contributed by atoms with Crippen LogP contribution in [0.1, 0.15) is 34.6 Å². The quantitative estimate of drug-likeness (QED) is 0.0792. The summed E-state index contributed by atoms with van der Waals surface area (Å²) in [6.07, 6.45) is -0.355. The summed E-state index contributed by atoms with van der Waals surface area (Å²) in [5, 5.41) is 31.2. The van der Waals surface area contributed by atoms with Gasteiger partial charge in [0.2, 0.25) is 0 Å². The average Bonchev–Trinajstić information content (AvgIpc) is 2.45. The van der Waals surface area contributed by atoms with E-state index < -0.39 is 17.8 Å². The fourth-order valence-electron chi connectivity index (χ4n) is 1.60. The Morgan fingerprint density at radius 2 is 2.00 bits per heavy atom. The molecule has 0 unspecified atom stereocenters. The third-order valence-corrected chi connectivity index (χ3v) is 2.74. The Labute approximate surface area is 130 Å². The third kappa shape index (κ3) is 5.90. The number of aliphatic hydroxyl groups is 2. The monoisotopic (exact) mass is 319 g/mol. The number of esters is 1. The van der Waals surface area contributed by atoms with Crippen LogP contribution in [0.5, 0.6) is 0 Å². The molecule has 0 saturated carbocycles. The minimum atomic E-state index is -1.81. The standard InChI is InChI=1S/C14H25NO7/c1-6-20-9-14(5,18)15(19)11(4)22-10(3)12(8-16)13(17)21-7-2/h8,10,16,18H,6-7,9H2,1-5H3/b12-8-,15-11-/t10-,14-/m0/s1. The Balaban J connectivity index is 5.04. The SMILES string of the molecule is CCOC[C@](C)(O)/[N+]([O-])=C(\C)O[C@@H](C)/C(=C/O)C(=O)OCC. The molecule has 0 aliphatic carbocycles. The summed E-state index contributed by atoms with van der Waals surface area (Å²) in [6.45, 7) is 7.72. The molecule has 0 aliphatic heterocycles. The van der Waals surface area contributed by atoms with Crippen LogP contribution in [0.2, 0.25) is 0 Å². The first-order chi connectivity index (χ1) is 10.2. The highest BCUT2D eigenvalue weighted by molar-refractivity contribution is 5.89. The van der Waals surface area contributed by atoms with Gasteiger partial charge in [-0.25, -0.2) is 4.79 Å². The molecule has 0 heterocycles. The molecule has 8 nitrogen and oxygen atoms in total. The Morgan fingerprint density at radius 3 is 2.45 bits per heavy atom. The zero-order chi connectivity index (χ0) is 17.3. The van der Waals surface area contributed by atoms with Gasteiger partial charge in [0.05, 0.1) is 19.8 Å². The number of carbonyl (C=O) groups excluding carboxylic acids is 1. The number of aliphatic hydroxyl groups excluding tert-OH is 1. The largest absolute Gasteiger partial charge is 0.619 e. The molecule has 0 amide bonds. The lowest BCUT2D eigenvalue weighted by Crippen LogP contribution is -2.44. The number of hydrogen-bond acceptors (Lipinski definition) is 7. The van der Waals surface area contributed by atoms with Gasteiger partial charge in [-0.1, -0.05) is 0 Å². The van der Waals surface area contributed by atoms with E-state index in [1.165, 1.54) is 20.8 Å². The molecule has 0 radical (unpaired) electrons. The van der Waals surface area contributed by atoms with Crippen LogP contribution >= 0.6 is 0 Å². The molecular formula is C14H25NO7. The van der Waals surface area contributed by atoms with Crippen LogP contribution in [-0.4, -0.2) is 58.5 Å². The Kier molecular flexibility index (Phi) is 8.51. The lowest BCUT2D eigenvalue weighted by molar-refractivity contribution is -0.613. The van der Waals surface area contributed by atoms with Gasteiger partial charge in [0.1, 0.15) is 18.3 Å². The lowest BCUT2D eigenvalue weighted by atomic mass is 10.2. The molecule has 0 aromatic rings. The van der Waals surface area contributed by atoms with E-state index in [0.717, 1.165) is 0 Å². The molecule has 0 aromatic carbocycles. The van der Waals surface area contributed by atoms with Crippen LogP contribution in [0.25, 0.3) is 0 Å². The number of nitrogens with zero attached hydrogens (tertiary/aromatic N) is 1. The molecule has 0 spiro atoms. The number of ether oxygens (including phenoxy) is 3. The minimum Gasteiger partial charge on any atom is -0.619 e. The van der Waals surface area contributed by atoms with Crippen molar-refractivity contribution in [3.05, 3.63) is 17.0 Å². The highest BCUT2D eigenvalue weighted by Crippen LogP contribution is 2.12. The molecule has 0 rings (SSSR count). The van der Waals surface area contributed by atoms with Crippen LogP contribution < -0.4 is 0 Å². The first-order valence-electron chi connectivity index (χ1n) is 7.00. The fraction of sp³-hybridized carbons (Fsp3) is 0.714. The van der Waals surface area contributed by atoms with Crippen molar-refractivity contribution >= 4 is 11.9 Å². The molecular weight excluding hydrogens is 294 g/mol. The van der Waals surface area contributed by atoms with E-state index in [9.17, 15) is 15.1 Å². The average molecular weight is 319 g/mol. The van der Waals surface area contributed by atoms with Crippen molar-refractivity contribution in [1.82, 2.24) is 0 Å².